The summed E-state index contributed by atoms with van der Waals surface area (Å²) in [5, 5.41) is 73.4. The molecule has 5 heterocycles. The molecule has 0 unspecified atom stereocenters. The summed E-state index contributed by atoms with van der Waals surface area (Å²) < 4.78 is 27.3. The van der Waals surface area contributed by atoms with E-state index in [1.807, 2.05) is 0 Å². The van der Waals surface area contributed by atoms with Gasteiger partial charge < -0.3 is 76.2 Å². The lowest BCUT2D eigenvalue weighted by Gasteiger charge is -2.31. The van der Waals surface area contributed by atoms with E-state index in [0.717, 1.165) is 33.1 Å². The van der Waals surface area contributed by atoms with Crippen LogP contribution in [0.2, 0.25) is 0 Å². The molecule has 446 valence electrons. The second kappa shape index (κ2) is 27.4. The molecule has 9 atom stereocenters. The van der Waals surface area contributed by atoms with Crippen LogP contribution in [0.1, 0.15) is 94.0 Å². The van der Waals surface area contributed by atoms with Crippen molar-refractivity contribution in [3.8, 4) is 11.4 Å². The number of hydrogen-bond acceptors (Lipinski definition) is 19. The Balaban J connectivity index is 0.967. The van der Waals surface area contributed by atoms with Gasteiger partial charge in [0.25, 0.3) is 17.4 Å². The summed E-state index contributed by atoms with van der Waals surface area (Å²) in [4.78, 5) is 136. The summed E-state index contributed by atoms with van der Waals surface area (Å²) >= 11 is 0. The molecule has 8 amide bonds. The molecule has 0 aliphatic carbocycles. The highest BCUT2D eigenvalue weighted by atomic mass is 19.1. The van der Waals surface area contributed by atoms with Crippen LogP contribution in [0.25, 0.3) is 22.3 Å². The highest BCUT2D eigenvalue weighted by Crippen LogP contribution is 2.41. The van der Waals surface area contributed by atoms with Crippen molar-refractivity contribution in [1.82, 2.24) is 45.9 Å². The average molecular weight is 1150 g/mol. The fraction of sp³-hybridized carbons (Fsp3) is 0.537. The number of carbonyl (C=O) groups is 9. The van der Waals surface area contributed by atoms with E-state index < -0.39 is 151 Å². The number of aryl methyl sites for hydroxylation is 2. The summed E-state index contributed by atoms with van der Waals surface area (Å²) in [6.45, 7) is 5.19. The van der Waals surface area contributed by atoms with Crippen molar-refractivity contribution in [2.75, 3.05) is 40.1 Å². The molecule has 0 saturated carbocycles. The van der Waals surface area contributed by atoms with Gasteiger partial charge in [0, 0.05) is 74.3 Å². The van der Waals surface area contributed by atoms with Gasteiger partial charge in [-0.1, -0.05) is 6.92 Å². The maximum absolute atomic E-state index is 14.9. The highest BCUT2D eigenvalue weighted by Gasteiger charge is 2.46. The molecule has 0 bridgehead atoms. The van der Waals surface area contributed by atoms with Gasteiger partial charge in [0.15, 0.2) is 5.60 Å². The summed E-state index contributed by atoms with van der Waals surface area (Å²) in [5.41, 5.74) is 1.04. The molecule has 0 fully saturated rings. The summed E-state index contributed by atoms with van der Waals surface area (Å²) in [5.74, 6) is -7.42. The Labute approximate surface area is 469 Å². The number of amides is 8. The number of nitrogens with one attached hydrogen (secondary N) is 5. The number of ether oxygens (including phenoxy) is 2. The lowest BCUT2D eigenvalue weighted by molar-refractivity contribution is -0.172. The maximum Gasteiger partial charge on any atom is 0.343 e. The number of hydrogen-bond donors (Lipinski definition) is 11. The van der Waals surface area contributed by atoms with Crippen molar-refractivity contribution in [3.05, 3.63) is 74.3 Å². The molecule has 28 heteroatoms. The molecule has 3 aromatic rings. The SMILES string of the molecule is CC[C@@]1(O)C(=O)OCc2c1cc1n(c2=O)Cc2c-1nc1cc(F)c(C)cc1c2CCCCOCNC(=O)[C@H](C)NC(=O)[C@H](C)NC(=O)[C@H](C)NC(=O)[C@H](CCC(=O)N(C)C[C@H](O)[C@@H](O)[C@H](O)[C@H](O)CO)NC(=O)CCN1C(=O)C=CC1=O. The fourth-order valence-corrected chi connectivity index (χ4v) is 9.53. The van der Waals surface area contributed by atoms with Crippen molar-refractivity contribution >= 4 is 64.1 Å². The van der Waals surface area contributed by atoms with Crippen LogP contribution < -0.4 is 32.1 Å². The predicted octanol–water partition coefficient (Wildman–Crippen LogP) is -3.07. The number of imide groups is 1. The van der Waals surface area contributed by atoms with E-state index in [2.05, 4.69) is 26.6 Å². The van der Waals surface area contributed by atoms with Crippen molar-refractivity contribution in [3.63, 3.8) is 0 Å². The summed E-state index contributed by atoms with van der Waals surface area (Å²) in [6.07, 6.45) is -5.29. The zero-order chi connectivity index (χ0) is 60.5. The van der Waals surface area contributed by atoms with Crippen LogP contribution in [-0.4, -0.2) is 192 Å². The van der Waals surface area contributed by atoms with E-state index >= 15 is 0 Å². The first-order valence-electron chi connectivity index (χ1n) is 26.7. The topological polar surface area (TPSA) is 395 Å². The van der Waals surface area contributed by atoms with E-state index in [0.29, 0.717) is 47.1 Å². The van der Waals surface area contributed by atoms with Crippen LogP contribution in [-0.2, 0) is 77.8 Å². The van der Waals surface area contributed by atoms with Gasteiger partial charge in [0.2, 0.25) is 35.4 Å². The first-order valence-corrected chi connectivity index (χ1v) is 26.7. The van der Waals surface area contributed by atoms with E-state index in [4.69, 9.17) is 19.6 Å². The first-order chi connectivity index (χ1) is 38.7. The number of aliphatic hydroxyl groups is 6. The van der Waals surface area contributed by atoms with E-state index in [9.17, 15) is 77.9 Å². The smallest absolute Gasteiger partial charge is 0.343 e. The van der Waals surface area contributed by atoms with Crippen molar-refractivity contribution < 1.29 is 87.7 Å². The number of pyridine rings is 2. The minimum Gasteiger partial charge on any atom is -0.458 e. The minimum atomic E-state index is -2.02. The maximum atomic E-state index is 14.9. The van der Waals surface area contributed by atoms with Gasteiger partial charge in [-0.05, 0) is 83.1 Å². The lowest BCUT2D eigenvalue weighted by Crippen LogP contribution is -2.56. The number of fused-ring (bicyclic) bond motifs is 5. The monoisotopic (exact) mass is 1150 g/mol. The van der Waals surface area contributed by atoms with Crippen LogP contribution in [0.3, 0.4) is 0 Å². The van der Waals surface area contributed by atoms with Crippen LogP contribution in [0, 0.1) is 12.7 Å². The molecule has 2 aromatic heterocycles. The number of aliphatic hydroxyl groups excluding tert-OH is 5. The molecule has 0 spiro atoms. The van der Waals surface area contributed by atoms with Crippen LogP contribution >= 0.6 is 0 Å². The van der Waals surface area contributed by atoms with Crippen molar-refractivity contribution in [2.24, 2.45) is 0 Å². The number of halogens is 1. The second-order valence-corrected chi connectivity index (χ2v) is 20.5. The highest BCUT2D eigenvalue weighted by molar-refractivity contribution is 6.13. The van der Waals surface area contributed by atoms with E-state index in [-0.39, 0.29) is 50.6 Å². The van der Waals surface area contributed by atoms with Gasteiger partial charge >= 0.3 is 5.97 Å². The zero-order valence-corrected chi connectivity index (χ0v) is 46.2. The number of benzene rings is 1. The number of carbonyl (C=O) groups excluding carboxylic acids is 9. The Morgan fingerprint density at radius 3 is 2.10 bits per heavy atom. The molecule has 3 aliphatic heterocycles. The number of cyclic esters (lactones) is 1. The summed E-state index contributed by atoms with van der Waals surface area (Å²) in [7, 11) is 1.22. The standard InChI is InChI=1S/C54H70FN9O18/c1-7-54(80)34-19-38-45-32(21-64(38)52(78)33(34)24-82-53(54)79)30(31-18-26(2)35(55)20-37(31)61-45)10-8-9-17-81-25-56-48(74)27(3)57-49(75)28(4)58-50(76)29(5)59-51(77)36(60-41(68)15-16-63-43(70)13-14-44(63)71)11-12-42(69)62(6)22-39(66)46(72)47(73)40(67)23-65/h13-14,18-20,27-29,36,39-40,46-47,65-67,72-73,80H,7-12,15-17,21-25H2,1-6H3,(H,56,74)(H,57,75)(H,58,76)(H,59,77)(H,60,68)/t27-,28-,29-,36-,39-,40+,46+,47+,54-/m0/s1. The van der Waals surface area contributed by atoms with Gasteiger partial charge in [-0.2, -0.15) is 0 Å². The quantitative estimate of drug-likeness (QED) is 0.0116. The average Bonchev–Trinajstić information content (AvgIpc) is 4.13. The van der Waals surface area contributed by atoms with Gasteiger partial charge in [0.05, 0.1) is 35.6 Å². The molecule has 0 saturated heterocycles. The molecule has 0 radical (unpaired) electrons. The molecule has 1 aromatic carbocycles. The van der Waals surface area contributed by atoms with Crippen LogP contribution in [0.5, 0.6) is 0 Å². The molecule has 82 heavy (non-hydrogen) atoms. The Kier molecular flexibility index (Phi) is 21.3. The number of likely N-dealkylation sites (N-methyl/N-ethyl adjacent to an activating group) is 1. The van der Waals surface area contributed by atoms with Gasteiger partial charge in [-0.25, -0.2) is 14.2 Å². The Bertz CT molecular complexity index is 3060. The van der Waals surface area contributed by atoms with Crippen molar-refractivity contribution in [2.45, 2.75) is 147 Å². The Morgan fingerprint density at radius 2 is 1.46 bits per heavy atom. The predicted molar refractivity (Wildman–Crippen MR) is 284 cm³/mol. The minimum absolute atomic E-state index is 0.0309. The molecule has 11 N–H and O–H groups in total. The third-order valence-electron chi connectivity index (χ3n) is 14.6. The van der Waals surface area contributed by atoms with Gasteiger partial charge in [-0.15, -0.1) is 0 Å². The van der Waals surface area contributed by atoms with E-state index in [1.54, 1.807) is 26.0 Å². The van der Waals surface area contributed by atoms with Gasteiger partial charge in [0.1, 0.15) is 67.7 Å². The Hall–Kier alpha value is -7.60. The number of esters is 1. The molecule has 27 nitrogen and oxygen atoms in total. The molecular formula is C54H70FN9O18. The third-order valence-corrected chi connectivity index (χ3v) is 14.6. The second-order valence-electron chi connectivity index (χ2n) is 20.5. The largest absolute Gasteiger partial charge is 0.458 e. The molecule has 6 rings (SSSR count). The number of aromatic nitrogens is 2. The normalized spacial score (nSPS) is 18.2. The lowest BCUT2D eigenvalue weighted by atomic mass is 9.86. The fourth-order valence-electron chi connectivity index (χ4n) is 9.53. The first kappa shape index (κ1) is 63.6. The number of rotatable bonds is 28. The van der Waals surface area contributed by atoms with Crippen molar-refractivity contribution in [1.29, 1.82) is 0 Å². The summed E-state index contributed by atoms with van der Waals surface area (Å²) in [6, 6.07) is -0.598. The zero-order valence-electron chi connectivity index (χ0n) is 46.2. The molecule has 3 aliphatic rings. The van der Waals surface area contributed by atoms with Crippen LogP contribution in [0.15, 0.2) is 35.1 Å². The molecular weight excluding hydrogens is 1080 g/mol. The van der Waals surface area contributed by atoms with Crippen LogP contribution in [0.4, 0.5) is 4.39 Å². The third kappa shape index (κ3) is 14.5. The van der Waals surface area contributed by atoms with Gasteiger partial charge in [-0.3, -0.25) is 48.1 Å². The number of nitrogens with zero attached hydrogens (tertiary/aromatic N) is 4. The number of unbranched alkanes of at least 4 members (excludes halogenated alkanes) is 1. The Morgan fingerprint density at radius 1 is 0.841 bits per heavy atom. The van der Waals surface area contributed by atoms with E-state index in [1.165, 1.54) is 38.5 Å².